The summed E-state index contributed by atoms with van der Waals surface area (Å²) < 4.78 is 5.78. The molecule has 2 aromatic rings. The maximum absolute atomic E-state index is 12.4. The molecule has 27 heavy (non-hydrogen) atoms. The molecule has 0 saturated carbocycles. The zero-order valence-corrected chi connectivity index (χ0v) is 17.2. The highest BCUT2D eigenvalue weighted by Gasteiger charge is 2.24. The van der Waals surface area contributed by atoms with E-state index in [9.17, 15) is 4.79 Å². The van der Waals surface area contributed by atoms with Gasteiger partial charge in [0.15, 0.2) is 6.61 Å². The molecule has 2 heterocycles. The van der Waals surface area contributed by atoms with Gasteiger partial charge in [-0.25, -0.2) is 0 Å². The van der Waals surface area contributed by atoms with E-state index in [4.69, 9.17) is 4.74 Å². The molecule has 1 aliphatic heterocycles. The van der Waals surface area contributed by atoms with Gasteiger partial charge in [-0.05, 0) is 54.4 Å². The molecule has 0 radical (unpaired) electrons. The highest BCUT2D eigenvalue weighted by atomic mass is 32.1. The summed E-state index contributed by atoms with van der Waals surface area (Å²) in [5, 5.41) is 7.36. The fourth-order valence-corrected chi connectivity index (χ4v) is 4.19. The van der Waals surface area contributed by atoms with Gasteiger partial charge in [0.05, 0.1) is 6.04 Å². The van der Waals surface area contributed by atoms with Crippen LogP contribution in [0.25, 0.3) is 0 Å². The second-order valence-corrected chi connectivity index (χ2v) is 8.01. The molecule has 0 bridgehead atoms. The summed E-state index contributed by atoms with van der Waals surface area (Å²) >= 11 is 1.70. The highest BCUT2D eigenvalue weighted by Crippen LogP contribution is 2.24. The Morgan fingerprint density at radius 1 is 1.19 bits per heavy atom. The third kappa shape index (κ3) is 5.31. The van der Waals surface area contributed by atoms with Crippen molar-refractivity contribution in [2.24, 2.45) is 0 Å². The number of aryl methyl sites for hydroxylation is 2. The Morgan fingerprint density at radius 3 is 2.52 bits per heavy atom. The molecule has 1 aromatic heterocycles. The molecule has 1 N–H and O–H groups in total. The summed E-state index contributed by atoms with van der Waals surface area (Å²) in [7, 11) is 2.16. The first-order chi connectivity index (χ1) is 13.0. The minimum atomic E-state index is -0.0768. The molecule has 0 spiro atoms. The number of thiophene rings is 1. The number of benzene rings is 1. The van der Waals surface area contributed by atoms with Crippen molar-refractivity contribution in [3.63, 3.8) is 0 Å². The second kappa shape index (κ2) is 9.35. The molecule has 1 fully saturated rings. The lowest BCUT2D eigenvalue weighted by Crippen LogP contribution is -2.48. The van der Waals surface area contributed by atoms with Gasteiger partial charge in [-0.3, -0.25) is 9.69 Å². The number of likely N-dealkylation sites (N-methyl/N-ethyl adjacent to an activating group) is 1. The smallest absolute Gasteiger partial charge is 0.258 e. The fourth-order valence-electron chi connectivity index (χ4n) is 3.48. The lowest BCUT2D eigenvalue weighted by Gasteiger charge is -2.38. The Balaban J connectivity index is 1.56. The van der Waals surface area contributed by atoms with Crippen LogP contribution < -0.4 is 10.1 Å². The van der Waals surface area contributed by atoms with Crippen molar-refractivity contribution in [1.82, 2.24) is 15.1 Å². The Morgan fingerprint density at radius 2 is 1.89 bits per heavy atom. The van der Waals surface area contributed by atoms with Gasteiger partial charge < -0.3 is 15.0 Å². The number of nitrogens with one attached hydrogen (secondary N) is 1. The van der Waals surface area contributed by atoms with Gasteiger partial charge in [-0.1, -0.05) is 18.2 Å². The number of hydrogen-bond donors (Lipinski definition) is 1. The summed E-state index contributed by atoms with van der Waals surface area (Å²) in [6, 6.07) is 8.38. The topological polar surface area (TPSA) is 44.8 Å². The lowest BCUT2D eigenvalue weighted by atomic mass is 10.1. The third-order valence-corrected chi connectivity index (χ3v) is 5.86. The third-order valence-electron chi connectivity index (χ3n) is 5.16. The average Bonchev–Trinajstić information content (AvgIpc) is 3.17. The zero-order valence-electron chi connectivity index (χ0n) is 16.4. The summed E-state index contributed by atoms with van der Waals surface area (Å²) in [4.78, 5) is 17.2. The first kappa shape index (κ1) is 19.9. The zero-order chi connectivity index (χ0) is 19.2. The van der Waals surface area contributed by atoms with Crippen LogP contribution in [0.2, 0.25) is 0 Å². The van der Waals surface area contributed by atoms with E-state index >= 15 is 0 Å². The number of para-hydroxylation sites is 1. The van der Waals surface area contributed by atoms with Crippen LogP contribution in [0.3, 0.4) is 0 Å². The number of carbonyl (C=O) groups is 1. The van der Waals surface area contributed by atoms with E-state index in [-0.39, 0.29) is 18.6 Å². The normalized spacial score (nSPS) is 16.9. The van der Waals surface area contributed by atoms with Crippen LogP contribution in [0, 0.1) is 13.8 Å². The molecule has 1 unspecified atom stereocenters. The van der Waals surface area contributed by atoms with Gasteiger partial charge in [0.1, 0.15) is 5.75 Å². The molecular weight excluding hydrogens is 358 g/mol. The number of carbonyl (C=O) groups excluding carboxylic acids is 1. The van der Waals surface area contributed by atoms with Crippen molar-refractivity contribution in [3.05, 3.63) is 51.7 Å². The maximum atomic E-state index is 12.4. The summed E-state index contributed by atoms with van der Waals surface area (Å²) in [5.41, 5.74) is 3.38. The van der Waals surface area contributed by atoms with Crippen molar-refractivity contribution in [2.75, 3.05) is 46.4 Å². The van der Waals surface area contributed by atoms with Gasteiger partial charge >= 0.3 is 0 Å². The molecule has 1 aromatic carbocycles. The van der Waals surface area contributed by atoms with Gasteiger partial charge in [0.25, 0.3) is 5.91 Å². The van der Waals surface area contributed by atoms with Crippen LogP contribution in [0.5, 0.6) is 5.75 Å². The van der Waals surface area contributed by atoms with Crippen molar-refractivity contribution in [3.8, 4) is 5.75 Å². The van der Waals surface area contributed by atoms with E-state index in [0.29, 0.717) is 6.54 Å². The summed E-state index contributed by atoms with van der Waals surface area (Å²) in [6.07, 6.45) is 0. The van der Waals surface area contributed by atoms with Crippen LogP contribution >= 0.6 is 11.3 Å². The van der Waals surface area contributed by atoms with Crippen molar-refractivity contribution in [1.29, 1.82) is 0 Å². The number of rotatable bonds is 7. The largest absolute Gasteiger partial charge is 0.483 e. The van der Waals surface area contributed by atoms with Crippen LogP contribution in [0.15, 0.2) is 35.0 Å². The standard InChI is InChI=1S/C21H29N3O2S/c1-16-5-4-6-17(2)21(16)26-14-20(25)22-13-19(18-7-12-27-15-18)24-10-8-23(3)9-11-24/h4-7,12,15,19H,8-11,13-14H2,1-3H3,(H,22,25). The predicted molar refractivity (Wildman–Crippen MR) is 111 cm³/mol. The lowest BCUT2D eigenvalue weighted by molar-refractivity contribution is -0.123. The molecule has 6 heteroatoms. The van der Waals surface area contributed by atoms with E-state index in [0.717, 1.165) is 43.1 Å². The van der Waals surface area contributed by atoms with Crippen LogP contribution in [0.4, 0.5) is 0 Å². The molecule has 1 saturated heterocycles. The molecule has 3 rings (SSSR count). The van der Waals surface area contributed by atoms with Crippen LogP contribution in [-0.2, 0) is 4.79 Å². The molecule has 1 atom stereocenters. The number of nitrogens with zero attached hydrogens (tertiary/aromatic N) is 2. The van der Waals surface area contributed by atoms with E-state index in [1.54, 1.807) is 11.3 Å². The van der Waals surface area contributed by atoms with Crippen molar-refractivity contribution < 1.29 is 9.53 Å². The van der Waals surface area contributed by atoms with E-state index in [2.05, 4.69) is 39.0 Å². The Labute approximate surface area is 165 Å². The van der Waals surface area contributed by atoms with Crippen LogP contribution in [-0.4, -0.2) is 62.1 Å². The quantitative estimate of drug-likeness (QED) is 0.794. The second-order valence-electron chi connectivity index (χ2n) is 7.23. The van der Waals surface area contributed by atoms with Gasteiger partial charge in [-0.15, -0.1) is 0 Å². The van der Waals surface area contributed by atoms with Gasteiger partial charge in [0.2, 0.25) is 0 Å². The number of ether oxygens (including phenoxy) is 1. The minimum Gasteiger partial charge on any atom is -0.483 e. The maximum Gasteiger partial charge on any atom is 0.258 e. The van der Waals surface area contributed by atoms with Crippen LogP contribution in [0.1, 0.15) is 22.7 Å². The van der Waals surface area contributed by atoms with Crippen molar-refractivity contribution in [2.45, 2.75) is 19.9 Å². The highest BCUT2D eigenvalue weighted by molar-refractivity contribution is 7.07. The van der Waals surface area contributed by atoms with E-state index < -0.39 is 0 Å². The first-order valence-corrected chi connectivity index (χ1v) is 10.4. The fraction of sp³-hybridized carbons (Fsp3) is 0.476. The summed E-state index contributed by atoms with van der Waals surface area (Å²) in [6.45, 7) is 8.81. The number of piperazine rings is 1. The molecule has 146 valence electrons. The minimum absolute atomic E-state index is 0.0464. The Kier molecular flexibility index (Phi) is 6.88. The molecule has 1 aliphatic rings. The summed E-state index contributed by atoms with van der Waals surface area (Å²) in [5.74, 6) is 0.730. The predicted octanol–water partition coefficient (Wildman–Crippen LogP) is 2.85. The molecular formula is C21H29N3O2S. The Hall–Kier alpha value is -1.89. The Bertz CT molecular complexity index is 720. The van der Waals surface area contributed by atoms with E-state index in [1.807, 2.05) is 32.0 Å². The first-order valence-electron chi connectivity index (χ1n) is 9.45. The number of amides is 1. The van der Waals surface area contributed by atoms with E-state index in [1.165, 1.54) is 5.56 Å². The monoisotopic (exact) mass is 387 g/mol. The number of hydrogen-bond acceptors (Lipinski definition) is 5. The SMILES string of the molecule is Cc1cccc(C)c1OCC(=O)NCC(c1ccsc1)N1CCN(C)CC1. The van der Waals surface area contributed by atoms with Crippen molar-refractivity contribution >= 4 is 17.2 Å². The van der Waals surface area contributed by atoms with Gasteiger partial charge in [-0.2, -0.15) is 11.3 Å². The molecule has 0 aliphatic carbocycles. The molecule has 1 amide bonds. The molecule has 5 nitrogen and oxygen atoms in total. The average molecular weight is 388 g/mol. The van der Waals surface area contributed by atoms with Gasteiger partial charge in [0, 0.05) is 32.7 Å².